The molecule has 0 aliphatic carbocycles. The number of nitrogens with zero attached hydrogens (tertiary/aromatic N) is 2. The first-order chi connectivity index (χ1) is 16.6. The standard InChI is InChI=1S/C25H26ClN3O6/c1-14(2)28-23(32)16-7-5-6-8-19(16)29-22(31)9-10-25(28,29)24(33)35-13-21(30)27-18-11-15(3)17(26)12-20(18)34-4/h5-8,11-12,14H,9-10,13H2,1-4H3,(H,27,30). The summed E-state index contributed by atoms with van der Waals surface area (Å²) in [4.78, 5) is 55.3. The number of fused-ring (bicyclic) bond motifs is 3. The molecular formula is C25H26ClN3O6. The molecule has 35 heavy (non-hydrogen) atoms. The number of anilines is 2. The van der Waals surface area contributed by atoms with Crippen LogP contribution < -0.4 is 15.0 Å². The highest BCUT2D eigenvalue weighted by molar-refractivity contribution is 6.31. The number of amides is 3. The number of para-hydroxylation sites is 1. The summed E-state index contributed by atoms with van der Waals surface area (Å²) in [6.07, 6.45) is 0.127. The highest BCUT2D eigenvalue weighted by atomic mass is 35.5. The number of carbonyl (C=O) groups is 4. The van der Waals surface area contributed by atoms with Crippen LogP contribution in [0.25, 0.3) is 0 Å². The van der Waals surface area contributed by atoms with Gasteiger partial charge in [0.25, 0.3) is 11.8 Å². The lowest BCUT2D eigenvalue weighted by Crippen LogP contribution is -2.70. The summed E-state index contributed by atoms with van der Waals surface area (Å²) in [6, 6.07) is 9.48. The van der Waals surface area contributed by atoms with Crippen LogP contribution in [0.2, 0.25) is 5.02 Å². The summed E-state index contributed by atoms with van der Waals surface area (Å²) in [5.41, 5.74) is 0.135. The van der Waals surface area contributed by atoms with Crippen LogP contribution in [0.5, 0.6) is 5.75 Å². The van der Waals surface area contributed by atoms with Gasteiger partial charge in [-0.2, -0.15) is 0 Å². The van der Waals surface area contributed by atoms with E-state index in [1.807, 2.05) is 0 Å². The molecule has 0 spiro atoms. The number of ether oxygens (including phenoxy) is 2. The second-order valence-corrected chi connectivity index (χ2v) is 9.16. The first kappa shape index (κ1) is 24.5. The summed E-state index contributed by atoms with van der Waals surface area (Å²) in [5.74, 6) is -1.76. The van der Waals surface area contributed by atoms with Gasteiger partial charge in [0.15, 0.2) is 6.61 Å². The molecule has 2 aromatic carbocycles. The van der Waals surface area contributed by atoms with E-state index >= 15 is 0 Å². The van der Waals surface area contributed by atoms with Crippen LogP contribution in [0.4, 0.5) is 11.4 Å². The molecule has 0 radical (unpaired) electrons. The summed E-state index contributed by atoms with van der Waals surface area (Å²) < 4.78 is 10.7. The molecule has 0 saturated carbocycles. The van der Waals surface area contributed by atoms with Crippen LogP contribution >= 0.6 is 11.6 Å². The van der Waals surface area contributed by atoms with Crippen LogP contribution in [0.15, 0.2) is 36.4 Å². The lowest BCUT2D eigenvalue weighted by molar-refractivity contribution is -0.160. The van der Waals surface area contributed by atoms with Gasteiger partial charge in [-0.1, -0.05) is 23.7 Å². The molecule has 2 aliphatic rings. The van der Waals surface area contributed by atoms with Crippen molar-refractivity contribution in [1.29, 1.82) is 0 Å². The Bertz CT molecular complexity index is 1230. The van der Waals surface area contributed by atoms with Gasteiger partial charge in [-0.15, -0.1) is 0 Å². The second-order valence-electron chi connectivity index (χ2n) is 8.76. The van der Waals surface area contributed by atoms with Gasteiger partial charge in [0.05, 0.1) is 24.0 Å². The third kappa shape index (κ3) is 3.99. The molecule has 10 heteroatoms. The molecular weight excluding hydrogens is 474 g/mol. The number of aryl methyl sites for hydroxylation is 1. The highest BCUT2D eigenvalue weighted by Crippen LogP contribution is 2.46. The third-order valence-electron chi connectivity index (χ3n) is 6.23. The number of nitrogens with one attached hydrogen (secondary N) is 1. The van der Waals surface area contributed by atoms with Gasteiger partial charge in [0.1, 0.15) is 5.75 Å². The van der Waals surface area contributed by atoms with E-state index in [-0.39, 0.29) is 24.7 Å². The van der Waals surface area contributed by atoms with Crippen LogP contribution in [0.1, 0.15) is 42.6 Å². The maximum absolute atomic E-state index is 13.6. The Balaban J connectivity index is 1.61. The molecule has 0 aromatic heterocycles. The van der Waals surface area contributed by atoms with Gasteiger partial charge in [-0.05, 0) is 44.5 Å². The van der Waals surface area contributed by atoms with Crippen molar-refractivity contribution < 1.29 is 28.7 Å². The van der Waals surface area contributed by atoms with Crippen LogP contribution in [-0.4, -0.2) is 54.0 Å². The van der Waals surface area contributed by atoms with Gasteiger partial charge < -0.3 is 19.7 Å². The Kier molecular flexibility index (Phi) is 6.46. The van der Waals surface area contributed by atoms with E-state index in [1.165, 1.54) is 16.9 Å². The second kappa shape index (κ2) is 9.22. The Morgan fingerprint density at radius 2 is 1.91 bits per heavy atom. The van der Waals surface area contributed by atoms with E-state index in [0.29, 0.717) is 27.7 Å². The summed E-state index contributed by atoms with van der Waals surface area (Å²) in [5, 5.41) is 3.13. The molecule has 1 unspecified atom stereocenters. The zero-order valence-corrected chi connectivity index (χ0v) is 20.6. The molecule has 1 N–H and O–H groups in total. The van der Waals surface area contributed by atoms with Gasteiger partial charge in [0, 0.05) is 30.0 Å². The number of rotatable bonds is 6. The Morgan fingerprint density at radius 1 is 1.20 bits per heavy atom. The molecule has 2 aromatic rings. The molecule has 1 fully saturated rings. The summed E-state index contributed by atoms with van der Waals surface area (Å²) in [6.45, 7) is 4.70. The molecule has 4 rings (SSSR count). The van der Waals surface area contributed by atoms with E-state index < -0.39 is 30.2 Å². The minimum atomic E-state index is -1.66. The van der Waals surface area contributed by atoms with Crippen molar-refractivity contribution in [3.8, 4) is 5.75 Å². The summed E-state index contributed by atoms with van der Waals surface area (Å²) in [7, 11) is 1.44. The van der Waals surface area contributed by atoms with Crippen LogP contribution in [-0.2, 0) is 19.1 Å². The Labute approximate surface area is 207 Å². The van der Waals surface area contributed by atoms with E-state index in [4.69, 9.17) is 21.1 Å². The minimum absolute atomic E-state index is 0.0629. The van der Waals surface area contributed by atoms with E-state index in [2.05, 4.69) is 5.32 Å². The van der Waals surface area contributed by atoms with Crippen molar-refractivity contribution in [2.45, 2.75) is 45.3 Å². The third-order valence-corrected chi connectivity index (χ3v) is 6.64. The SMILES string of the molecule is COc1cc(Cl)c(C)cc1NC(=O)COC(=O)C12CCC(=O)N1c1ccccc1C(=O)N2C(C)C. The van der Waals surface area contributed by atoms with E-state index in [1.54, 1.807) is 57.2 Å². The fourth-order valence-electron chi connectivity index (χ4n) is 4.74. The first-order valence-electron chi connectivity index (χ1n) is 11.2. The van der Waals surface area contributed by atoms with Gasteiger partial charge >= 0.3 is 5.97 Å². The maximum Gasteiger partial charge on any atom is 0.354 e. The largest absolute Gasteiger partial charge is 0.495 e. The molecule has 2 heterocycles. The Morgan fingerprint density at radius 3 is 2.60 bits per heavy atom. The monoisotopic (exact) mass is 499 g/mol. The maximum atomic E-state index is 13.6. The minimum Gasteiger partial charge on any atom is -0.495 e. The Hall–Kier alpha value is -3.59. The molecule has 3 amide bonds. The van der Waals surface area contributed by atoms with E-state index in [0.717, 1.165) is 5.56 Å². The number of halogens is 1. The topological polar surface area (TPSA) is 105 Å². The zero-order chi connectivity index (χ0) is 25.5. The van der Waals surface area contributed by atoms with Crippen molar-refractivity contribution in [2.75, 3.05) is 23.9 Å². The number of hydrogen-bond donors (Lipinski definition) is 1. The highest BCUT2D eigenvalue weighted by Gasteiger charge is 2.62. The van der Waals surface area contributed by atoms with Crippen molar-refractivity contribution >= 4 is 46.7 Å². The smallest absolute Gasteiger partial charge is 0.354 e. The van der Waals surface area contributed by atoms with Crippen molar-refractivity contribution in [2.24, 2.45) is 0 Å². The van der Waals surface area contributed by atoms with E-state index in [9.17, 15) is 19.2 Å². The zero-order valence-electron chi connectivity index (χ0n) is 19.9. The lowest BCUT2D eigenvalue weighted by Gasteiger charge is -2.50. The molecule has 184 valence electrons. The first-order valence-corrected chi connectivity index (χ1v) is 11.6. The number of esters is 1. The molecule has 2 aliphatic heterocycles. The number of hydrogen-bond acceptors (Lipinski definition) is 6. The quantitative estimate of drug-likeness (QED) is 0.610. The van der Waals surface area contributed by atoms with Gasteiger partial charge in [-0.25, -0.2) is 4.79 Å². The molecule has 0 bridgehead atoms. The lowest BCUT2D eigenvalue weighted by atomic mass is 9.95. The van der Waals surface area contributed by atoms with Gasteiger partial charge in [0.2, 0.25) is 11.6 Å². The van der Waals surface area contributed by atoms with Crippen molar-refractivity contribution in [1.82, 2.24) is 4.90 Å². The number of carbonyl (C=O) groups excluding carboxylic acids is 4. The summed E-state index contributed by atoms with van der Waals surface area (Å²) >= 11 is 6.11. The van der Waals surface area contributed by atoms with Crippen molar-refractivity contribution in [3.63, 3.8) is 0 Å². The predicted octanol–water partition coefficient (Wildman–Crippen LogP) is 3.53. The van der Waals surface area contributed by atoms with Crippen LogP contribution in [0.3, 0.4) is 0 Å². The average Bonchev–Trinajstić information content (AvgIpc) is 3.17. The van der Waals surface area contributed by atoms with Crippen molar-refractivity contribution in [3.05, 3.63) is 52.5 Å². The molecule has 9 nitrogen and oxygen atoms in total. The molecule has 1 atom stereocenters. The fraction of sp³-hybridized carbons (Fsp3) is 0.360. The van der Waals surface area contributed by atoms with Crippen LogP contribution in [0, 0.1) is 6.92 Å². The normalized spacial score (nSPS) is 18.9. The molecule has 1 saturated heterocycles. The average molecular weight is 500 g/mol. The number of benzene rings is 2. The fourth-order valence-corrected chi connectivity index (χ4v) is 4.89. The predicted molar refractivity (Wildman–Crippen MR) is 130 cm³/mol. The number of methoxy groups -OCH3 is 1. The van der Waals surface area contributed by atoms with Gasteiger partial charge in [-0.3, -0.25) is 19.3 Å².